The minimum Gasteiger partial charge on any atom is -0.381 e. The molecular formula is C17H21FN2O2. The second-order valence-corrected chi connectivity index (χ2v) is 6.69. The van der Waals surface area contributed by atoms with Crippen molar-refractivity contribution in [1.82, 2.24) is 10.6 Å². The highest BCUT2D eigenvalue weighted by atomic mass is 19.1. The van der Waals surface area contributed by atoms with Crippen LogP contribution in [0.1, 0.15) is 46.8 Å². The van der Waals surface area contributed by atoms with E-state index in [2.05, 4.69) is 10.6 Å². The predicted octanol–water partition coefficient (Wildman–Crippen LogP) is 2.15. The van der Waals surface area contributed by atoms with Gasteiger partial charge in [0.05, 0.1) is 13.2 Å². The third kappa shape index (κ3) is 2.42. The van der Waals surface area contributed by atoms with Crippen LogP contribution < -0.4 is 10.6 Å². The zero-order chi connectivity index (χ0) is 15.1. The highest BCUT2D eigenvalue weighted by Crippen LogP contribution is 2.33. The fraction of sp³-hybridized carbons (Fsp3) is 0.588. The van der Waals surface area contributed by atoms with Crippen LogP contribution in [-0.2, 0) is 11.3 Å². The van der Waals surface area contributed by atoms with Crippen molar-refractivity contribution >= 4 is 5.91 Å². The Labute approximate surface area is 129 Å². The average Bonchev–Trinajstić information content (AvgIpc) is 2.76. The smallest absolute Gasteiger partial charge is 0.252 e. The van der Waals surface area contributed by atoms with Gasteiger partial charge in [-0.15, -0.1) is 0 Å². The topological polar surface area (TPSA) is 50.4 Å². The van der Waals surface area contributed by atoms with E-state index in [1.54, 1.807) is 6.07 Å². The summed E-state index contributed by atoms with van der Waals surface area (Å²) in [5.74, 6) is 0.660. The number of ether oxygens (including phenoxy) is 1. The third-order valence-corrected chi connectivity index (χ3v) is 5.23. The zero-order valence-electron chi connectivity index (χ0n) is 12.5. The summed E-state index contributed by atoms with van der Waals surface area (Å²) in [7, 11) is 0. The summed E-state index contributed by atoms with van der Waals surface area (Å²) in [5, 5.41) is 6.29. The summed E-state index contributed by atoms with van der Waals surface area (Å²) in [5.41, 5.74) is 1.86. The molecule has 0 aromatic heterocycles. The largest absolute Gasteiger partial charge is 0.381 e. The van der Waals surface area contributed by atoms with E-state index < -0.39 is 0 Å². The van der Waals surface area contributed by atoms with Crippen LogP contribution in [0, 0.1) is 17.7 Å². The molecule has 0 radical (unpaired) electrons. The molecule has 1 unspecified atom stereocenters. The van der Waals surface area contributed by atoms with Crippen molar-refractivity contribution in [3.63, 3.8) is 0 Å². The molecule has 118 valence electrons. The molecule has 2 aliphatic heterocycles. The average molecular weight is 304 g/mol. The molecule has 0 spiro atoms. The third-order valence-electron chi connectivity index (χ3n) is 5.23. The Balaban J connectivity index is 1.59. The highest BCUT2D eigenvalue weighted by Gasteiger charge is 2.33. The van der Waals surface area contributed by atoms with Gasteiger partial charge in [-0.05, 0) is 43.0 Å². The molecule has 1 saturated carbocycles. The van der Waals surface area contributed by atoms with Crippen molar-refractivity contribution in [2.45, 2.75) is 31.8 Å². The van der Waals surface area contributed by atoms with Crippen LogP contribution in [0.3, 0.4) is 0 Å². The molecule has 4 rings (SSSR count). The Hall–Kier alpha value is -1.46. The maximum atomic E-state index is 14.3. The minimum atomic E-state index is -0.276. The number of hydrogen-bond donors (Lipinski definition) is 2. The van der Waals surface area contributed by atoms with Crippen LogP contribution in [0.4, 0.5) is 4.39 Å². The lowest BCUT2D eigenvalue weighted by molar-refractivity contribution is -0.0512. The van der Waals surface area contributed by atoms with Gasteiger partial charge in [0.1, 0.15) is 5.82 Å². The van der Waals surface area contributed by atoms with Gasteiger partial charge in [0.15, 0.2) is 0 Å². The molecular weight excluding hydrogens is 283 g/mol. The summed E-state index contributed by atoms with van der Waals surface area (Å²) >= 11 is 0. The number of carbonyl (C=O) groups excluding carboxylic acids is 1. The fourth-order valence-electron chi connectivity index (χ4n) is 3.48. The molecule has 5 heteroatoms. The summed E-state index contributed by atoms with van der Waals surface area (Å²) in [6, 6.07) is 3.52. The first kappa shape index (κ1) is 14.2. The van der Waals surface area contributed by atoms with Gasteiger partial charge in [0.25, 0.3) is 5.91 Å². The van der Waals surface area contributed by atoms with Gasteiger partial charge in [-0.25, -0.2) is 4.39 Å². The number of carbonyl (C=O) groups is 1. The van der Waals surface area contributed by atoms with Crippen molar-refractivity contribution in [1.29, 1.82) is 0 Å². The number of hydrogen-bond acceptors (Lipinski definition) is 3. The number of halogens is 1. The van der Waals surface area contributed by atoms with E-state index >= 15 is 0 Å². The molecule has 1 aliphatic carbocycles. The molecule has 2 fully saturated rings. The molecule has 1 aromatic rings. The van der Waals surface area contributed by atoms with Crippen molar-refractivity contribution in [2.75, 3.05) is 19.8 Å². The molecule has 4 nitrogen and oxygen atoms in total. The molecule has 0 bridgehead atoms. The summed E-state index contributed by atoms with van der Waals surface area (Å²) in [6.45, 7) is 2.67. The highest BCUT2D eigenvalue weighted by molar-refractivity contribution is 5.98. The minimum absolute atomic E-state index is 0.0718. The summed E-state index contributed by atoms with van der Waals surface area (Å²) in [4.78, 5) is 11.8. The Bertz CT molecular complexity index is 597. The van der Waals surface area contributed by atoms with Crippen LogP contribution in [0.5, 0.6) is 0 Å². The van der Waals surface area contributed by atoms with Gasteiger partial charge in [-0.2, -0.15) is 0 Å². The lowest BCUT2D eigenvalue weighted by Gasteiger charge is -2.37. The molecule has 22 heavy (non-hydrogen) atoms. The summed E-state index contributed by atoms with van der Waals surface area (Å²) in [6.07, 6.45) is 3.88. The van der Waals surface area contributed by atoms with Gasteiger partial charge in [-0.3, -0.25) is 4.79 Å². The first-order chi connectivity index (χ1) is 10.7. The van der Waals surface area contributed by atoms with Crippen LogP contribution in [0.25, 0.3) is 0 Å². The molecule has 1 atom stereocenters. The van der Waals surface area contributed by atoms with Crippen molar-refractivity contribution < 1.29 is 13.9 Å². The maximum Gasteiger partial charge on any atom is 0.252 e. The molecule has 1 saturated heterocycles. The monoisotopic (exact) mass is 304 g/mol. The van der Waals surface area contributed by atoms with Crippen LogP contribution in [-0.4, -0.2) is 25.7 Å². The Morgan fingerprint density at radius 1 is 1.36 bits per heavy atom. The molecule has 2 N–H and O–H groups in total. The zero-order valence-corrected chi connectivity index (χ0v) is 12.5. The second kappa shape index (κ2) is 5.63. The van der Waals surface area contributed by atoms with E-state index in [-0.39, 0.29) is 17.8 Å². The van der Waals surface area contributed by atoms with Gasteiger partial charge in [0.2, 0.25) is 0 Å². The molecule has 1 amide bonds. The van der Waals surface area contributed by atoms with E-state index in [9.17, 15) is 9.18 Å². The normalized spacial score (nSPS) is 22.7. The Morgan fingerprint density at radius 2 is 2.18 bits per heavy atom. The number of amides is 1. The lowest BCUT2D eigenvalue weighted by Crippen LogP contribution is -2.42. The first-order valence-corrected chi connectivity index (χ1v) is 8.14. The second-order valence-electron chi connectivity index (χ2n) is 6.69. The standard InChI is InChI=1S/C17H21FN2O2/c18-15-5-11(4-13-14(15)7-20-17(13)21)16(12-8-22-9-12)19-6-10-2-1-3-10/h4-5,10,12,16,19H,1-3,6-9H2,(H,20,21). The van der Waals surface area contributed by atoms with Crippen molar-refractivity contribution in [3.8, 4) is 0 Å². The van der Waals surface area contributed by atoms with E-state index in [0.717, 1.165) is 18.0 Å². The first-order valence-electron chi connectivity index (χ1n) is 8.14. The van der Waals surface area contributed by atoms with Gasteiger partial charge in [0, 0.05) is 29.6 Å². The van der Waals surface area contributed by atoms with Crippen molar-refractivity contribution in [3.05, 3.63) is 34.6 Å². The van der Waals surface area contributed by atoms with Crippen LogP contribution in [0.15, 0.2) is 12.1 Å². The maximum absolute atomic E-state index is 14.3. The van der Waals surface area contributed by atoms with E-state index in [1.807, 2.05) is 6.07 Å². The molecule has 3 aliphatic rings. The number of nitrogens with one attached hydrogen (secondary N) is 2. The SMILES string of the molecule is O=C1NCc2c(F)cc(C(NCC3CCC3)C3COC3)cc21. The number of benzene rings is 1. The van der Waals surface area contributed by atoms with Gasteiger partial charge in [-0.1, -0.05) is 6.42 Å². The quantitative estimate of drug-likeness (QED) is 0.876. The lowest BCUT2D eigenvalue weighted by atomic mass is 9.84. The predicted molar refractivity (Wildman–Crippen MR) is 80.0 cm³/mol. The Morgan fingerprint density at radius 3 is 2.82 bits per heavy atom. The van der Waals surface area contributed by atoms with E-state index in [1.165, 1.54) is 19.3 Å². The van der Waals surface area contributed by atoms with Crippen LogP contribution >= 0.6 is 0 Å². The van der Waals surface area contributed by atoms with Gasteiger partial charge >= 0.3 is 0 Å². The molecule has 1 aromatic carbocycles. The van der Waals surface area contributed by atoms with E-state index in [4.69, 9.17) is 4.74 Å². The fourth-order valence-corrected chi connectivity index (χ4v) is 3.48. The Kier molecular flexibility index (Phi) is 3.62. The summed E-state index contributed by atoms with van der Waals surface area (Å²) < 4.78 is 19.6. The number of rotatable bonds is 5. The van der Waals surface area contributed by atoms with Crippen LogP contribution in [0.2, 0.25) is 0 Å². The van der Waals surface area contributed by atoms with E-state index in [0.29, 0.717) is 36.8 Å². The molecule has 2 heterocycles. The van der Waals surface area contributed by atoms with Gasteiger partial charge < -0.3 is 15.4 Å². The van der Waals surface area contributed by atoms with Crippen molar-refractivity contribution in [2.24, 2.45) is 11.8 Å². The number of fused-ring (bicyclic) bond motifs is 1.